The van der Waals surface area contributed by atoms with E-state index in [2.05, 4.69) is 6.58 Å². The van der Waals surface area contributed by atoms with Gasteiger partial charge in [-0.15, -0.1) is 6.58 Å². The molecule has 0 saturated carbocycles. The van der Waals surface area contributed by atoms with E-state index in [-0.39, 0.29) is 63.9 Å². The molecule has 0 aromatic rings. The summed E-state index contributed by atoms with van der Waals surface area (Å²) >= 11 is 0. The Labute approximate surface area is 97.7 Å². The Kier molecular flexibility index (Phi) is 7.99. The zero-order valence-corrected chi connectivity index (χ0v) is 10.4. The summed E-state index contributed by atoms with van der Waals surface area (Å²) in [6.07, 6.45) is 1.12. The summed E-state index contributed by atoms with van der Waals surface area (Å²) in [5.74, 6) is -0.368. The summed E-state index contributed by atoms with van der Waals surface area (Å²) < 4.78 is 27.3. The zero-order chi connectivity index (χ0) is 5.91. The maximum atomic E-state index is 9.72. The van der Waals surface area contributed by atoms with Gasteiger partial charge in [-0.2, -0.15) is 8.42 Å². The first-order valence-corrected chi connectivity index (χ1v) is 3.23. The molecule has 0 heterocycles. The van der Waals surface area contributed by atoms with Gasteiger partial charge < -0.3 is 0 Å². The normalized spacial score (nSPS) is 9.62. The van der Waals surface area contributed by atoms with Gasteiger partial charge in [-0.25, -0.2) is 0 Å². The van der Waals surface area contributed by atoms with Crippen LogP contribution in [0.1, 0.15) is 0 Å². The van der Waals surface area contributed by atoms with Crippen molar-refractivity contribution < 1.29 is 13.0 Å². The predicted octanol–water partition coefficient (Wildman–Crippen LogP) is -0.321. The second kappa shape index (κ2) is 5.26. The van der Waals surface area contributed by atoms with Crippen molar-refractivity contribution in [3.05, 3.63) is 12.7 Å². The molecule has 8 heavy (non-hydrogen) atoms. The van der Waals surface area contributed by atoms with Crippen molar-refractivity contribution in [2.75, 3.05) is 5.75 Å². The Hall–Kier alpha value is 1.46. The molecule has 0 fully saturated rings. The van der Waals surface area contributed by atoms with Crippen LogP contribution in [-0.4, -0.2) is 76.9 Å². The molecule has 0 unspecified atom stereocenters. The van der Waals surface area contributed by atoms with Crippen molar-refractivity contribution >= 4 is 68.3 Å². The standard InChI is InChI=1S/C3H6O3S.Rb/c1-2-3-7(4,5)6;/h2H,1,3H2,(H,4,5,6);. The van der Waals surface area contributed by atoms with Crippen LogP contribution < -0.4 is 0 Å². The molecule has 3 nitrogen and oxygen atoms in total. The Morgan fingerprint density at radius 3 is 2.00 bits per heavy atom. The Morgan fingerprint density at radius 2 is 2.00 bits per heavy atom. The zero-order valence-electron chi connectivity index (χ0n) is 4.66. The van der Waals surface area contributed by atoms with E-state index in [1.807, 2.05) is 0 Å². The maximum Gasteiger partial charge on any atom is 0.268 e. The fourth-order valence-electron chi connectivity index (χ4n) is 0.149. The molecule has 0 aromatic carbocycles. The third-order valence-electron chi connectivity index (χ3n) is 0.328. The molecule has 0 aromatic heterocycles. The average Bonchev–Trinajstić information content (AvgIpc) is 1.30. The van der Waals surface area contributed by atoms with Crippen molar-refractivity contribution in [2.45, 2.75) is 0 Å². The van der Waals surface area contributed by atoms with Gasteiger partial charge >= 0.3 is 0 Å². The van der Waals surface area contributed by atoms with Crippen molar-refractivity contribution in [1.82, 2.24) is 0 Å². The number of hydrogen-bond donors (Lipinski definition) is 1. The van der Waals surface area contributed by atoms with Gasteiger partial charge in [0.15, 0.2) is 0 Å². The van der Waals surface area contributed by atoms with E-state index in [0.717, 1.165) is 6.08 Å². The molecule has 0 aliphatic heterocycles. The molecule has 1 radical (unpaired) electrons. The largest absolute Gasteiger partial charge is 0.285 e. The van der Waals surface area contributed by atoms with Gasteiger partial charge in [0.25, 0.3) is 10.1 Å². The molecular weight excluding hydrogens is 202 g/mol. The minimum absolute atomic E-state index is 0. The summed E-state index contributed by atoms with van der Waals surface area (Å²) in [6, 6.07) is 0. The molecule has 0 aliphatic carbocycles. The second-order valence-corrected chi connectivity index (χ2v) is 2.53. The third kappa shape index (κ3) is 10.4. The summed E-state index contributed by atoms with van der Waals surface area (Å²) in [7, 11) is -3.79. The van der Waals surface area contributed by atoms with Gasteiger partial charge in [0.1, 0.15) is 0 Å². The minimum atomic E-state index is -3.79. The Balaban J connectivity index is 0. The van der Waals surface area contributed by atoms with E-state index in [9.17, 15) is 8.42 Å². The van der Waals surface area contributed by atoms with Crippen LogP contribution in [0.4, 0.5) is 0 Å². The Bertz CT molecular complexity index is 148. The molecule has 0 atom stereocenters. The van der Waals surface area contributed by atoms with Crippen LogP contribution in [0.15, 0.2) is 12.7 Å². The molecule has 43 valence electrons. The second-order valence-electron chi connectivity index (χ2n) is 1.04. The minimum Gasteiger partial charge on any atom is -0.285 e. The van der Waals surface area contributed by atoms with Crippen molar-refractivity contribution in [3.63, 3.8) is 0 Å². The van der Waals surface area contributed by atoms with Crippen LogP contribution in [0, 0.1) is 0 Å². The molecule has 0 aliphatic rings. The first-order chi connectivity index (χ1) is 3.06. The van der Waals surface area contributed by atoms with Gasteiger partial charge in [0.05, 0.1) is 5.75 Å². The summed E-state index contributed by atoms with van der Waals surface area (Å²) in [4.78, 5) is 0. The maximum absolute atomic E-state index is 9.72. The van der Waals surface area contributed by atoms with Crippen LogP contribution in [0.3, 0.4) is 0 Å². The fourth-order valence-corrected chi connectivity index (χ4v) is 0.447. The Morgan fingerprint density at radius 1 is 1.62 bits per heavy atom. The summed E-state index contributed by atoms with van der Waals surface area (Å²) in [5, 5.41) is 0. The van der Waals surface area contributed by atoms with Gasteiger partial charge in [0.2, 0.25) is 0 Å². The average molecular weight is 208 g/mol. The van der Waals surface area contributed by atoms with E-state index in [1.165, 1.54) is 0 Å². The topological polar surface area (TPSA) is 54.4 Å². The van der Waals surface area contributed by atoms with Crippen molar-refractivity contribution in [3.8, 4) is 0 Å². The van der Waals surface area contributed by atoms with Crippen LogP contribution in [0.5, 0.6) is 0 Å². The van der Waals surface area contributed by atoms with Crippen molar-refractivity contribution in [2.24, 2.45) is 0 Å². The molecule has 0 bridgehead atoms. The van der Waals surface area contributed by atoms with Gasteiger partial charge in [-0.3, -0.25) is 4.55 Å². The first-order valence-electron chi connectivity index (χ1n) is 1.62. The molecule has 0 rings (SSSR count). The first kappa shape index (κ1) is 12.2. The molecular formula is C3H6O3RbS. The van der Waals surface area contributed by atoms with Gasteiger partial charge in [-0.1, -0.05) is 6.08 Å². The SMILES string of the molecule is C=CCS(=O)(=O)O.[Rb]. The van der Waals surface area contributed by atoms with Crippen LogP contribution in [0.2, 0.25) is 0 Å². The molecule has 0 saturated heterocycles. The summed E-state index contributed by atoms with van der Waals surface area (Å²) in [6.45, 7) is 3.11. The quantitative estimate of drug-likeness (QED) is 0.499. The molecule has 1 N–H and O–H groups in total. The predicted molar refractivity (Wildman–Crippen MR) is 32.4 cm³/mol. The monoisotopic (exact) mass is 207 g/mol. The van der Waals surface area contributed by atoms with E-state index < -0.39 is 10.1 Å². The van der Waals surface area contributed by atoms with Crippen LogP contribution in [0.25, 0.3) is 0 Å². The van der Waals surface area contributed by atoms with Crippen LogP contribution in [-0.2, 0) is 10.1 Å². The molecule has 5 heteroatoms. The van der Waals surface area contributed by atoms with E-state index in [1.54, 1.807) is 0 Å². The summed E-state index contributed by atoms with van der Waals surface area (Å²) in [5.41, 5.74) is 0. The van der Waals surface area contributed by atoms with Crippen LogP contribution >= 0.6 is 0 Å². The van der Waals surface area contributed by atoms with E-state index in [4.69, 9.17) is 4.55 Å². The van der Waals surface area contributed by atoms with Gasteiger partial charge in [-0.05, 0) is 0 Å². The van der Waals surface area contributed by atoms with Crippen molar-refractivity contribution in [1.29, 1.82) is 0 Å². The fraction of sp³-hybridized carbons (Fsp3) is 0.333. The van der Waals surface area contributed by atoms with Gasteiger partial charge in [0, 0.05) is 58.2 Å². The third-order valence-corrected chi connectivity index (χ3v) is 0.985. The van der Waals surface area contributed by atoms with E-state index in [0.29, 0.717) is 0 Å². The molecule has 0 amide bonds. The number of rotatable bonds is 2. The molecule has 0 spiro atoms. The number of hydrogen-bond acceptors (Lipinski definition) is 2. The smallest absolute Gasteiger partial charge is 0.268 e. The van der Waals surface area contributed by atoms with E-state index >= 15 is 0 Å².